The van der Waals surface area contributed by atoms with E-state index < -0.39 is 0 Å². The number of fused-ring (bicyclic) bond motifs is 1. The third-order valence-electron chi connectivity index (χ3n) is 2.48. The number of hydrogen-bond donors (Lipinski definition) is 0. The predicted molar refractivity (Wildman–Crippen MR) is 69.0 cm³/mol. The van der Waals surface area contributed by atoms with Crippen molar-refractivity contribution < 1.29 is 10.1 Å². The third kappa shape index (κ3) is 2.60. The van der Waals surface area contributed by atoms with Crippen molar-refractivity contribution in [3.8, 4) is 16.3 Å². The van der Waals surface area contributed by atoms with Gasteiger partial charge in [-0.05, 0) is 12.1 Å². The number of para-hydroxylation sites is 2. The standard InChI is InChI=1S/C13H9NOS.Ba/c15-11-7-3-1-5-9(11)13-14-10-6-2-4-8-12(10)16-13;/h1-8,15H;/q;+2. The minimum absolute atomic E-state index is 0. The van der Waals surface area contributed by atoms with Gasteiger partial charge >= 0.3 is 48.9 Å². The number of benzene rings is 2. The Morgan fingerprint density at radius 2 is 1.65 bits per heavy atom. The van der Waals surface area contributed by atoms with Gasteiger partial charge in [0.2, 0.25) is 5.52 Å². The molecule has 0 saturated heterocycles. The Morgan fingerprint density at radius 3 is 2.41 bits per heavy atom. The van der Waals surface area contributed by atoms with Crippen LogP contribution in [0.3, 0.4) is 0 Å². The van der Waals surface area contributed by atoms with E-state index in [9.17, 15) is 5.11 Å². The van der Waals surface area contributed by atoms with Crippen LogP contribution in [-0.4, -0.2) is 48.9 Å². The first-order chi connectivity index (χ1) is 7.84. The number of aromatic amines is 1. The molecule has 1 heterocycles. The zero-order valence-electron chi connectivity index (χ0n) is 9.14. The van der Waals surface area contributed by atoms with Crippen LogP contribution in [0.4, 0.5) is 0 Å². The van der Waals surface area contributed by atoms with E-state index in [2.05, 4.69) is 4.98 Å². The number of nitrogens with one attached hydrogen (secondary N) is 1. The molecule has 0 aliphatic carbocycles. The summed E-state index contributed by atoms with van der Waals surface area (Å²) in [7, 11) is 0. The minimum Gasteiger partial charge on any atom is -0.872 e. The van der Waals surface area contributed by atoms with Gasteiger partial charge in [-0.25, -0.2) is 0 Å². The smallest absolute Gasteiger partial charge is 0.872 e. The molecule has 0 bridgehead atoms. The minimum atomic E-state index is 0. The summed E-state index contributed by atoms with van der Waals surface area (Å²) in [5.74, 6) is 0.0605. The van der Waals surface area contributed by atoms with Gasteiger partial charge in [-0.1, -0.05) is 47.4 Å². The van der Waals surface area contributed by atoms with E-state index in [1.165, 1.54) is 4.70 Å². The third-order valence-corrected chi connectivity index (χ3v) is 3.58. The van der Waals surface area contributed by atoms with Crippen LogP contribution in [0.2, 0.25) is 0 Å². The van der Waals surface area contributed by atoms with E-state index in [0.29, 0.717) is 0 Å². The summed E-state index contributed by atoms with van der Waals surface area (Å²) in [6, 6.07) is 15.1. The Bertz CT molecular complexity index is 617. The van der Waals surface area contributed by atoms with Gasteiger partial charge < -0.3 is 5.11 Å². The number of rotatable bonds is 1. The molecule has 4 heteroatoms. The summed E-state index contributed by atoms with van der Waals surface area (Å²) < 4.78 is 1.17. The van der Waals surface area contributed by atoms with E-state index in [4.69, 9.17) is 0 Å². The number of hydrogen-bond acceptors (Lipinski definition) is 2. The fourth-order valence-electron chi connectivity index (χ4n) is 1.69. The molecule has 0 saturated carbocycles. The quantitative estimate of drug-likeness (QED) is 0.609. The maximum absolute atomic E-state index is 11.7. The topological polar surface area (TPSA) is 37.2 Å². The Labute approximate surface area is 143 Å². The second-order valence-electron chi connectivity index (χ2n) is 3.55. The van der Waals surface area contributed by atoms with Crippen LogP contribution in [0.5, 0.6) is 5.75 Å². The maximum Gasteiger partial charge on any atom is 2.00 e. The first kappa shape index (κ1) is 13.1. The van der Waals surface area contributed by atoms with E-state index >= 15 is 0 Å². The van der Waals surface area contributed by atoms with Crippen molar-refractivity contribution in [2.75, 3.05) is 0 Å². The molecule has 0 radical (unpaired) electrons. The molecular formula is C13H9BaNOS+2. The number of aromatic nitrogens is 1. The largest absolute Gasteiger partial charge is 2.00 e. The Morgan fingerprint density at radius 1 is 0.941 bits per heavy atom. The molecule has 1 N–H and O–H groups in total. The molecule has 2 aromatic carbocycles. The van der Waals surface area contributed by atoms with Gasteiger partial charge in [-0.15, -0.1) is 0 Å². The Hall–Kier alpha value is -0.299. The summed E-state index contributed by atoms with van der Waals surface area (Å²) in [5, 5.41) is 12.6. The number of thiazole rings is 1. The van der Waals surface area contributed by atoms with Gasteiger partial charge in [0.05, 0.1) is 0 Å². The molecule has 1 aromatic heterocycles. The van der Waals surface area contributed by atoms with Gasteiger partial charge in [0.15, 0.2) is 0 Å². The molecule has 0 aliphatic heterocycles. The van der Waals surface area contributed by atoms with Crippen LogP contribution >= 0.6 is 11.3 Å². The van der Waals surface area contributed by atoms with Crippen molar-refractivity contribution in [2.45, 2.75) is 0 Å². The van der Waals surface area contributed by atoms with Crippen molar-refractivity contribution >= 4 is 70.4 Å². The number of H-pyrrole nitrogens is 1. The van der Waals surface area contributed by atoms with E-state index in [1.807, 2.05) is 36.4 Å². The fraction of sp³-hybridized carbons (Fsp3) is 0. The molecule has 0 amide bonds. The van der Waals surface area contributed by atoms with Crippen molar-refractivity contribution in [3.63, 3.8) is 0 Å². The van der Waals surface area contributed by atoms with Crippen LogP contribution < -0.4 is 10.1 Å². The van der Waals surface area contributed by atoms with E-state index in [-0.39, 0.29) is 54.6 Å². The zero-order valence-corrected chi connectivity index (χ0v) is 14.4. The zero-order chi connectivity index (χ0) is 11.0. The average molecular weight is 365 g/mol. The van der Waals surface area contributed by atoms with E-state index in [0.717, 1.165) is 16.1 Å². The second kappa shape index (κ2) is 5.56. The van der Waals surface area contributed by atoms with Crippen molar-refractivity contribution in [1.82, 2.24) is 0 Å². The van der Waals surface area contributed by atoms with Crippen LogP contribution in [0.1, 0.15) is 0 Å². The molecule has 0 fully saturated rings. The maximum atomic E-state index is 11.7. The van der Waals surface area contributed by atoms with Gasteiger partial charge in [-0.3, -0.25) is 0 Å². The molecule has 0 atom stereocenters. The molecule has 0 aliphatic rings. The molecule has 0 unspecified atom stereocenters. The average Bonchev–Trinajstić information content (AvgIpc) is 2.73. The van der Waals surface area contributed by atoms with Crippen LogP contribution in [0.15, 0.2) is 48.5 Å². The summed E-state index contributed by atoms with van der Waals surface area (Å²) in [6.07, 6.45) is 0. The molecule has 3 aromatic rings. The SMILES string of the molecule is [Ba+2].[O-]c1ccccc1-c1[nH+]c2ccccc2s1. The van der Waals surface area contributed by atoms with Gasteiger partial charge in [0.1, 0.15) is 4.70 Å². The fourth-order valence-corrected chi connectivity index (χ4v) is 2.73. The normalized spacial score (nSPS) is 10.1. The molecule has 78 valence electrons. The van der Waals surface area contributed by atoms with Crippen molar-refractivity contribution in [1.29, 1.82) is 0 Å². The molecule has 17 heavy (non-hydrogen) atoms. The molecule has 3 rings (SSSR count). The summed E-state index contributed by atoms with van der Waals surface area (Å²) in [6.45, 7) is 0. The first-order valence-electron chi connectivity index (χ1n) is 5.02. The summed E-state index contributed by atoms with van der Waals surface area (Å²) in [5.41, 5.74) is 1.81. The summed E-state index contributed by atoms with van der Waals surface area (Å²) in [4.78, 5) is 3.27. The first-order valence-corrected chi connectivity index (χ1v) is 5.83. The van der Waals surface area contributed by atoms with Gasteiger partial charge in [-0.2, -0.15) is 4.98 Å². The van der Waals surface area contributed by atoms with Gasteiger partial charge in [0, 0.05) is 11.6 Å². The van der Waals surface area contributed by atoms with Gasteiger partial charge in [0.25, 0.3) is 5.01 Å². The van der Waals surface area contributed by atoms with E-state index in [1.54, 1.807) is 23.5 Å². The Kier molecular flexibility index (Phi) is 4.30. The molecule has 0 spiro atoms. The molecular weight excluding hydrogens is 356 g/mol. The monoisotopic (exact) mass is 365 g/mol. The summed E-state index contributed by atoms with van der Waals surface area (Å²) >= 11 is 1.61. The molecule has 2 nitrogen and oxygen atoms in total. The Balaban J connectivity index is 0.00000108. The van der Waals surface area contributed by atoms with Crippen molar-refractivity contribution in [3.05, 3.63) is 48.5 Å². The van der Waals surface area contributed by atoms with Crippen molar-refractivity contribution in [2.24, 2.45) is 0 Å². The second-order valence-corrected chi connectivity index (χ2v) is 4.60. The van der Waals surface area contributed by atoms with Crippen LogP contribution in [0, 0.1) is 0 Å². The predicted octanol–water partition coefficient (Wildman–Crippen LogP) is 2.08. The van der Waals surface area contributed by atoms with Crippen LogP contribution in [-0.2, 0) is 0 Å². The van der Waals surface area contributed by atoms with Crippen LogP contribution in [0.25, 0.3) is 20.8 Å².